The van der Waals surface area contributed by atoms with Gasteiger partial charge in [0, 0.05) is 0 Å². The zero-order valence-electron chi connectivity index (χ0n) is 2.78. The van der Waals surface area contributed by atoms with Gasteiger partial charge in [-0.15, -0.1) is 0 Å². The largest absolute Gasteiger partial charge is 1.00 e. The van der Waals surface area contributed by atoms with E-state index in [1.54, 1.807) is 0 Å². The molecule has 0 aliphatic carbocycles. The number of hydrogen-bond acceptors (Lipinski definition) is 0. The van der Waals surface area contributed by atoms with E-state index in [1.165, 1.54) is 0 Å². The Morgan fingerprint density at radius 2 is 1.75 bits per heavy atom. The fourth-order valence-electron chi connectivity index (χ4n) is 0. The molecule has 0 fully saturated rings. The van der Waals surface area contributed by atoms with Crippen LogP contribution in [-0.4, -0.2) is 0 Å². The molecule has 0 aliphatic rings. The van der Waals surface area contributed by atoms with E-state index in [9.17, 15) is 0 Å². The molecule has 0 aliphatic heterocycles. The molecule has 0 saturated carbocycles. The van der Waals surface area contributed by atoms with Gasteiger partial charge in [0.1, 0.15) is 12.3 Å². The maximum atomic E-state index is 4.49. The monoisotopic (exact) mass is 46.0 g/mol. The molecule has 0 heterocycles. The zero-order chi connectivity index (χ0) is 2.71. The Labute approximate surface area is 38.4 Å². The standard InChI is InChI=1S/C3H3.Li/c1-3-2;/h1H,2H2;/q2*+1. The summed E-state index contributed by atoms with van der Waals surface area (Å²) in [6, 6.07) is 0. The molecule has 0 aromatic heterocycles. The maximum Gasteiger partial charge on any atom is 1.00 e. The first-order valence-electron chi connectivity index (χ1n) is 0.642. The van der Waals surface area contributed by atoms with Gasteiger partial charge in [0.25, 0.3) is 0 Å². The van der Waals surface area contributed by atoms with Crippen molar-refractivity contribution >= 4 is 0 Å². The van der Waals surface area contributed by atoms with E-state index < -0.39 is 0 Å². The van der Waals surface area contributed by atoms with Gasteiger partial charge in [0.05, 0.1) is 6.58 Å². The van der Waals surface area contributed by atoms with Gasteiger partial charge in [-0.2, -0.15) is 0 Å². The van der Waals surface area contributed by atoms with E-state index in [-0.39, 0.29) is 18.9 Å². The van der Waals surface area contributed by atoms with Gasteiger partial charge >= 0.3 is 18.9 Å². The SMILES string of the molecule is [CH+]=C=C.[Li+]. The van der Waals surface area contributed by atoms with Gasteiger partial charge in [-0.05, 0) is 0 Å². The Balaban J connectivity index is 0. The molecular weight excluding hydrogens is 43.0 g/mol. The van der Waals surface area contributed by atoms with E-state index in [4.69, 9.17) is 0 Å². The van der Waals surface area contributed by atoms with Crippen molar-refractivity contribution in [3.05, 3.63) is 18.9 Å². The summed E-state index contributed by atoms with van der Waals surface area (Å²) in [5, 5.41) is 0. The van der Waals surface area contributed by atoms with Crippen LogP contribution in [-0.2, 0) is 0 Å². The van der Waals surface area contributed by atoms with Gasteiger partial charge in [0.2, 0.25) is 0 Å². The first-order chi connectivity index (χ1) is 1.41. The van der Waals surface area contributed by atoms with Crippen molar-refractivity contribution in [3.8, 4) is 0 Å². The Morgan fingerprint density at radius 3 is 1.75 bits per heavy atom. The summed E-state index contributed by atoms with van der Waals surface area (Å²) in [6.07, 6.45) is 0. The fourth-order valence-corrected chi connectivity index (χ4v) is 0. The van der Waals surface area contributed by atoms with Gasteiger partial charge < -0.3 is 0 Å². The van der Waals surface area contributed by atoms with Gasteiger partial charge in [0.15, 0.2) is 0 Å². The smallest absolute Gasteiger partial charge is 0.0821 e. The third kappa shape index (κ3) is 2850. The first kappa shape index (κ1) is 8.98. The number of rotatable bonds is 0. The van der Waals surface area contributed by atoms with Crippen LogP contribution >= 0.6 is 0 Å². The van der Waals surface area contributed by atoms with Crippen LogP contribution in [0.4, 0.5) is 0 Å². The molecule has 0 amide bonds. The number of hydrogen-bond donors (Lipinski definition) is 0. The molecule has 14 valence electrons. The summed E-state index contributed by atoms with van der Waals surface area (Å²) in [4.78, 5) is 0. The van der Waals surface area contributed by atoms with E-state index in [0.717, 1.165) is 0 Å². The molecule has 0 bridgehead atoms. The fraction of sp³-hybridized carbons (Fsp3) is 0. The Bertz CT molecular complexity index is 24.3. The van der Waals surface area contributed by atoms with Crippen LogP contribution in [0.3, 0.4) is 0 Å². The molecule has 0 atom stereocenters. The minimum Gasteiger partial charge on any atom is 0.0821 e. The third-order valence-corrected chi connectivity index (χ3v) is 0. The van der Waals surface area contributed by atoms with Crippen molar-refractivity contribution in [3.63, 3.8) is 0 Å². The second kappa shape index (κ2) is 11.8. The zero-order valence-corrected chi connectivity index (χ0v) is 2.78. The van der Waals surface area contributed by atoms with Gasteiger partial charge in [-0.25, -0.2) is 0 Å². The minimum atomic E-state index is 0. The van der Waals surface area contributed by atoms with Crippen LogP contribution in [0.25, 0.3) is 0 Å². The predicted octanol–water partition coefficient (Wildman–Crippen LogP) is -2.24. The second-order valence-corrected chi connectivity index (χ2v) is 0.204. The average Bonchev–Trinajstić information content (AvgIpc) is 0.918. The normalized spacial score (nSPS) is 1.75. The molecule has 0 aromatic carbocycles. The summed E-state index contributed by atoms with van der Waals surface area (Å²) in [7, 11) is 0. The molecule has 1 heteroatoms. The Kier molecular flexibility index (Phi) is 26.5. The van der Waals surface area contributed by atoms with Gasteiger partial charge in [-0.3, -0.25) is 0 Å². The van der Waals surface area contributed by atoms with Crippen LogP contribution < -0.4 is 18.9 Å². The quantitative estimate of drug-likeness (QED) is 0.164. The van der Waals surface area contributed by atoms with Crippen molar-refractivity contribution in [1.82, 2.24) is 0 Å². The summed E-state index contributed by atoms with van der Waals surface area (Å²) < 4.78 is 0. The van der Waals surface area contributed by atoms with E-state index in [2.05, 4.69) is 13.2 Å². The molecule has 4 heavy (non-hydrogen) atoms. The van der Waals surface area contributed by atoms with Crippen LogP contribution in [0.15, 0.2) is 12.3 Å². The van der Waals surface area contributed by atoms with Crippen molar-refractivity contribution in [2.75, 3.05) is 0 Å². The van der Waals surface area contributed by atoms with Crippen molar-refractivity contribution < 1.29 is 18.9 Å². The van der Waals surface area contributed by atoms with Crippen LogP contribution in [0.5, 0.6) is 0 Å². The van der Waals surface area contributed by atoms with E-state index in [0.29, 0.717) is 0 Å². The minimum absolute atomic E-state index is 0. The molecule has 0 radical (unpaired) electrons. The molecule has 0 N–H and O–H groups in total. The molecule has 0 nitrogen and oxygen atoms in total. The Hall–Kier alpha value is 0.0274. The van der Waals surface area contributed by atoms with Crippen LogP contribution in [0, 0.1) is 6.58 Å². The molecule has 0 aromatic rings. The van der Waals surface area contributed by atoms with Gasteiger partial charge in [-0.1, -0.05) is 0 Å². The first-order valence-corrected chi connectivity index (χ1v) is 0.642. The molecular formula is C3H3Li+2. The average molecular weight is 46.0 g/mol. The Morgan fingerprint density at radius 1 is 1.75 bits per heavy atom. The molecule has 0 saturated heterocycles. The van der Waals surface area contributed by atoms with Crippen LogP contribution in [0.1, 0.15) is 0 Å². The van der Waals surface area contributed by atoms with Crippen LogP contribution in [0.2, 0.25) is 0 Å². The second-order valence-electron chi connectivity index (χ2n) is 0.204. The molecule has 0 unspecified atom stereocenters. The molecule has 0 rings (SSSR count). The third-order valence-electron chi connectivity index (χ3n) is 0. The van der Waals surface area contributed by atoms with Crippen molar-refractivity contribution in [1.29, 1.82) is 0 Å². The van der Waals surface area contributed by atoms with Crippen molar-refractivity contribution in [2.45, 2.75) is 0 Å². The van der Waals surface area contributed by atoms with E-state index in [1.807, 2.05) is 5.73 Å². The summed E-state index contributed by atoms with van der Waals surface area (Å²) >= 11 is 0. The summed E-state index contributed by atoms with van der Waals surface area (Å²) in [5.74, 6) is 0. The molecule has 0 spiro atoms. The van der Waals surface area contributed by atoms with E-state index >= 15 is 0 Å². The summed E-state index contributed by atoms with van der Waals surface area (Å²) in [5.41, 5.74) is 2.00. The summed E-state index contributed by atoms with van der Waals surface area (Å²) in [6.45, 7) is 7.50. The predicted molar refractivity (Wildman–Crippen MR) is 13.4 cm³/mol. The maximum absolute atomic E-state index is 4.49. The van der Waals surface area contributed by atoms with Crippen molar-refractivity contribution in [2.24, 2.45) is 0 Å². The topological polar surface area (TPSA) is 0 Å².